The summed E-state index contributed by atoms with van der Waals surface area (Å²) in [5, 5.41) is 0. The van der Waals surface area contributed by atoms with Gasteiger partial charge in [-0.2, -0.15) is 4.31 Å². The minimum Gasteiger partial charge on any atom is -0.379 e. The van der Waals surface area contributed by atoms with Gasteiger partial charge in [0.15, 0.2) is 0 Å². The summed E-state index contributed by atoms with van der Waals surface area (Å²) in [4.78, 5) is 16.5. The molecule has 2 heterocycles. The van der Waals surface area contributed by atoms with Crippen molar-refractivity contribution in [3.8, 4) is 0 Å². The highest BCUT2D eigenvalue weighted by Crippen LogP contribution is 2.15. The van der Waals surface area contributed by atoms with Crippen LogP contribution in [-0.4, -0.2) is 87.5 Å². The van der Waals surface area contributed by atoms with Crippen molar-refractivity contribution in [1.29, 1.82) is 0 Å². The van der Waals surface area contributed by atoms with E-state index in [-0.39, 0.29) is 11.7 Å². The van der Waals surface area contributed by atoms with E-state index in [9.17, 15) is 13.2 Å². The molecule has 0 unspecified atom stereocenters. The van der Waals surface area contributed by atoms with Gasteiger partial charge < -0.3 is 9.64 Å². The Balaban J connectivity index is 1.46. The van der Waals surface area contributed by atoms with Crippen molar-refractivity contribution in [1.82, 2.24) is 14.1 Å². The number of nitrogens with zero attached hydrogens (tertiary/aromatic N) is 3. The first-order valence-electron chi connectivity index (χ1n) is 9.55. The number of carbonyl (C=O) groups is 1. The molecule has 2 saturated heterocycles. The van der Waals surface area contributed by atoms with Gasteiger partial charge in [-0.05, 0) is 12.5 Å². The summed E-state index contributed by atoms with van der Waals surface area (Å²) >= 11 is 0. The minimum atomic E-state index is -3.36. The molecule has 3 rings (SSSR count). The first kappa shape index (κ1) is 20.3. The lowest BCUT2D eigenvalue weighted by molar-refractivity contribution is -0.133. The number of ether oxygens (including phenoxy) is 1. The van der Waals surface area contributed by atoms with Gasteiger partial charge in [-0.15, -0.1) is 0 Å². The average molecular weight is 396 g/mol. The topological polar surface area (TPSA) is 70.2 Å². The molecule has 0 spiro atoms. The van der Waals surface area contributed by atoms with Crippen molar-refractivity contribution in [3.63, 3.8) is 0 Å². The van der Waals surface area contributed by atoms with Crippen LogP contribution in [0, 0.1) is 6.92 Å². The van der Waals surface area contributed by atoms with Crippen molar-refractivity contribution in [2.45, 2.75) is 19.1 Å². The number of hydrogen-bond acceptors (Lipinski definition) is 5. The zero-order chi connectivity index (χ0) is 19.3. The highest BCUT2D eigenvalue weighted by molar-refractivity contribution is 7.88. The van der Waals surface area contributed by atoms with Crippen molar-refractivity contribution < 1.29 is 17.9 Å². The summed E-state index contributed by atoms with van der Waals surface area (Å²) in [7, 11) is -3.36. The molecule has 0 atom stereocenters. The second-order valence-corrected chi connectivity index (χ2v) is 9.20. The number of carbonyl (C=O) groups excluding carboxylic acids is 1. The Kier molecular flexibility index (Phi) is 6.86. The largest absolute Gasteiger partial charge is 0.379 e. The fourth-order valence-electron chi connectivity index (χ4n) is 3.56. The Bertz CT molecular complexity index is 739. The van der Waals surface area contributed by atoms with Crippen LogP contribution in [0.25, 0.3) is 0 Å². The van der Waals surface area contributed by atoms with Crippen molar-refractivity contribution in [3.05, 3.63) is 35.4 Å². The third kappa shape index (κ3) is 5.75. The van der Waals surface area contributed by atoms with E-state index in [0.717, 1.165) is 44.0 Å². The molecule has 27 heavy (non-hydrogen) atoms. The lowest BCUT2D eigenvalue weighted by atomic mass is 10.2. The summed E-state index contributed by atoms with van der Waals surface area (Å²) in [5.74, 6) is 0.122. The van der Waals surface area contributed by atoms with Gasteiger partial charge >= 0.3 is 0 Å². The maximum atomic E-state index is 12.7. The van der Waals surface area contributed by atoms with Crippen LogP contribution >= 0.6 is 0 Å². The van der Waals surface area contributed by atoms with Gasteiger partial charge in [-0.25, -0.2) is 8.42 Å². The number of amides is 1. The Hall–Kier alpha value is -1.48. The lowest BCUT2D eigenvalue weighted by Crippen LogP contribution is -2.51. The molecule has 1 aromatic carbocycles. The molecular weight excluding hydrogens is 366 g/mol. The molecule has 1 aromatic rings. The van der Waals surface area contributed by atoms with Gasteiger partial charge in [-0.3, -0.25) is 9.69 Å². The van der Waals surface area contributed by atoms with Crippen LogP contribution in [-0.2, 0) is 25.3 Å². The predicted octanol–water partition coefficient (Wildman–Crippen LogP) is 0.691. The van der Waals surface area contributed by atoms with Gasteiger partial charge in [0.25, 0.3) is 0 Å². The molecule has 0 N–H and O–H groups in total. The number of benzene rings is 1. The Morgan fingerprint density at radius 3 is 2.44 bits per heavy atom. The quantitative estimate of drug-likeness (QED) is 0.709. The van der Waals surface area contributed by atoms with Crippen molar-refractivity contribution in [2.75, 3.05) is 59.0 Å². The van der Waals surface area contributed by atoms with E-state index in [4.69, 9.17) is 4.74 Å². The second kappa shape index (κ2) is 9.14. The van der Waals surface area contributed by atoms with Gasteiger partial charge in [0.1, 0.15) is 0 Å². The molecule has 0 saturated carbocycles. The molecule has 2 aliphatic heterocycles. The normalized spacial score (nSPS) is 20.0. The van der Waals surface area contributed by atoms with Crippen LogP contribution in [0.2, 0.25) is 0 Å². The molecule has 7 nitrogen and oxygen atoms in total. The van der Waals surface area contributed by atoms with E-state index >= 15 is 0 Å². The standard InChI is InChI=1S/C19H29N3O4S/c1-17-3-2-4-18(15-17)16-27(24,25)22-9-7-21(8-10-22)19(23)5-6-20-11-13-26-14-12-20/h2-4,15H,5-14,16H2,1H3. The molecule has 150 valence electrons. The van der Waals surface area contributed by atoms with Crippen LogP contribution < -0.4 is 0 Å². The van der Waals surface area contributed by atoms with Gasteiger partial charge in [0, 0.05) is 52.2 Å². The molecule has 8 heteroatoms. The van der Waals surface area contributed by atoms with Crippen LogP contribution in [0.1, 0.15) is 17.5 Å². The minimum absolute atomic E-state index is 0.0135. The second-order valence-electron chi connectivity index (χ2n) is 7.23. The number of piperazine rings is 1. The Labute approximate surface area is 161 Å². The molecule has 0 radical (unpaired) electrons. The zero-order valence-corrected chi connectivity index (χ0v) is 16.8. The maximum Gasteiger partial charge on any atom is 0.223 e. The summed E-state index contributed by atoms with van der Waals surface area (Å²) in [6.45, 7) is 7.58. The first-order valence-corrected chi connectivity index (χ1v) is 11.2. The van der Waals surface area contributed by atoms with Crippen LogP contribution in [0.5, 0.6) is 0 Å². The van der Waals surface area contributed by atoms with Crippen molar-refractivity contribution >= 4 is 15.9 Å². The number of rotatable bonds is 6. The van der Waals surface area contributed by atoms with Gasteiger partial charge in [-0.1, -0.05) is 29.8 Å². The fraction of sp³-hybridized carbons (Fsp3) is 0.632. The smallest absolute Gasteiger partial charge is 0.223 e. The fourth-order valence-corrected chi connectivity index (χ4v) is 5.06. The maximum absolute atomic E-state index is 12.7. The summed E-state index contributed by atoms with van der Waals surface area (Å²) in [5.41, 5.74) is 1.86. The number of hydrogen-bond donors (Lipinski definition) is 0. The highest BCUT2D eigenvalue weighted by atomic mass is 32.2. The lowest BCUT2D eigenvalue weighted by Gasteiger charge is -2.34. The average Bonchev–Trinajstić information content (AvgIpc) is 2.67. The molecule has 2 fully saturated rings. The van der Waals surface area contributed by atoms with E-state index < -0.39 is 10.0 Å². The number of sulfonamides is 1. The Morgan fingerprint density at radius 2 is 1.78 bits per heavy atom. The third-order valence-electron chi connectivity index (χ3n) is 5.16. The van der Waals surface area contributed by atoms with E-state index in [2.05, 4.69) is 4.90 Å². The monoisotopic (exact) mass is 395 g/mol. The predicted molar refractivity (Wildman–Crippen MR) is 104 cm³/mol. The van der Waals surface area contributed by atoms with Crippen LogP contribution in [0.3, 0.4) is 0 Å². The summed E-state index contributed by atoms with van der Waals surface area (Å²) < 4.78 is 32.2. The SMILES string of the molecule is Cc1cccc(CS(=O)(=O)N2CCN(C(=O)CCN3CCOCC3)CC2)c1. The van der Waals surface area contributed by atoms with Gasteiger partial charge in [0.2, 0.25) is 15.9 Å². The molecular formula is C19H29N3O4S. The first-order chi connectivity index (χ1) is 12.9. The molecule has 0 bridgehead atoms. The molecule has 0 aromatic heterocycles. The van der Waals surface area contributed by atoms with Gasteiger partial charge in [0.05, 0.1) is 19.0 Å². The highest BCUT2D eigenvalue weighted by Gasteiger charge is 2.29. The van der Waals surface area contributed by atoms with Crippen LogP contribution in [0.4, 0.5) is 0 Å². The van der Waals surface area contributed by atoms with E-state index in [1.807, 2.05) is 31.2 Å². The van der Waals surface area contributed by atoms with E-state index in [1.165, 1.54) is 4.31 Å². The number of aryl methyl sites for hydroxylation is 1. The zero-order valence-electron chi connectivity index (χ0n) is 16.0. The van der Waals surface area contributed by atoms with E-state index in [0.29, 0.717) is 32.6 Å². The van der Waals surface area contributed by atoms with Crippen LogP contribution in [0.15, 0.2) is 24.3 Å². The number of morpholine rings is 1. The molecule has 0 aliphatic carbocycles. The van der Waals surface area contributed by atoms with E-state index in [1.54, 1.807) is 4.90 Å². The van der Waals surface area contributed by atoms with Crippen molar-refractivity contribution in [2.24, 2.45) is 0 Å². The summed E-state index contributed by atoms with van der Waals surface area (Å²) in [6.07, 6.45) is 0.482. The third-order valence-corrected chi connectivity index (χ3v) is 7.01. The molecule has 2 aliphatic rings. The molecule has 1 amide bonds. The Morgan fingerprint density at radius 1 is 1.07 bits per heavy atom. The summed E-state index contributed by atoms with van der Waals surface area (Å²) in [6, 6.07) is 7.58.